The van der Waals surface area contributed by atoms with Crippen LogP contribution in [-0.4, -0.2) is 17.2 Å². The SMILES string of the molecule is CNCc1nc(-c2cc(F)ccc2Br)no1. The molecule has 84 valence electrons. The molecule has 0 saturated carbocycles. The first-order valence-electron chi connectivity index (χ1n) is 4.63. The van der Waals surface area contributed by atoms with Gasteiger partial charge in [0.05, 0.1) is 6.54 Å². The van der Waals surface area contributed by atoms with E-state index in [-0.39, 0.29) is 5.82 Å². The molecule has 0 saturated heterocycles. The summed E-state index contributed by atoms with van der Waals surface area (Å²) in [4.78, 5) is 4.14. The van der Waals surface area contributed by atoms with E-state index in [4.69, 9.17) is 4.52 Å². The summed E-state index contributed by atoms with van der Waals surface area (Å²) in [6.45, 7) is 0.486. The predicted molar refractivity (Wildman–Crippen MR) is 60.2 cm³/mol. The molecule has 16 heavy (non-hydrogen) atoms. The standard InChI is InChI=1S/C10H9BrFN3O/c1-13-5-9-14-10(15-16-9)7-4-6(12)2-3-8(7)11/h2-4,13H,5H2,1H3. The highest BCUT2D eigenvalue weighted by molar-refractivity contribution is 9.10. The van der Waals surface area contributed by atoms with Crippen molar-refractivity contribution in [1.29, 1.82) is 0 Å². The Morgan fingerprint density at radius 3 is 3.06 bits per heavy atom. The Balaban J connectivity index is 2.38. The fourth-order valence-corrected chi connectivity index (χ4v) is 1.68. The molecule has 1 aromatic carbocycles. The van der Waals surface area contributed by atoms with Crippen molar-refractivity contribution in [2.75, 3.05) is 7.05 Å². The lowest BCUT2D eigenvalue weighted by Gasteiger charge is -1.98. The van der Waals surface area contributed by atoms with E-state index in [1.54, 1.807) is 13.1 Å². The van der Waals surface area contributed by atoms with Crippen LogP contribution in [0.15, 0.2) is 27.2 Å². The van der Waals surface area contributed by atoms with Gasteiger partial charge in [0.15, 0.2) is 0 Å². The van der Waals surface area contributed by atoms with Gasteiger partial charge in [0.25, 0.3) is 0 Å². The molecule has 1 heterocycles. The minimum absolute atomic E-state index is 0.335. The summed E-state index contributed by atoms with van der Waals surface area (Å²) >= 11 is 3.31. The number of hydrogen-bond acceptors (Lipinski definition) is 4. The third-order valence-electron chi connectivity index (χ3n) is 1.97. The van der Waals surface area contributed by atoms with Crippen LogP contribution in [0.3, 0.4) is 0 Å². The Bertz CT molecular complexity index is 501. The Kier molecular flexibility index (Phi) is 3.31. The lowest BCUT2D eigenvalue weighted by atomic mass is 10.2. The smallest absolute Gasteiger partial charge is 0.240 e. The van der Waals surface area contributed by atoms with Crippen LogP contribution < -0.4 is 5.32 Å². The van der Waals surface area contributed by atoms with Crippen molar-refractivity contribution in [1.82, 2.24) is 15.5 Å². The second-order valence-electron chi connectivity index (χ2n) is 3.17. The average Bonchev–Trinajstić information content (AvgIpc) is 2.71. The second kappa shape index (κ2) is 4.71. The molecule has 0 bridgehead atoms. The summed E-state index contributed by atoms with van der Waals surface area (Å²) in [7, 11) is 1.78. The van der Waals surface area contributed by atoms with Gasteiger partial charge in [-0.25, -0.2) is 4.39 Å². The van der Waals surface area contributed by atoms with Crippen molar-refractivity contribution in [2.24, 2.45) is 0 Å². The summed E-state index contributed by atoms with van der Waals surface area (Å²) in [5.74, 6) is 0.503. The zero-order valence-electron chi connectivity index (χ0n) is 8.50. The third-order valence-corrected chi connectivity index (χ3v) is 2.66. The van der Waals surface area contributed by atoms with Crippen LogP contribution in [0.1, 0.15) is 5.89 Å². The Labute approximate surface area is 100.0 Å². The van der Waals surface area contributed by atoms with Crippen LogP contribution in [0, 0.1) is 5.82 Å². The quantitative estimate of drug-likeness (QED) is 0.941. The number of benzene rings is 1. The van der Waals surface area contributed by atoms with Crippen molar-refractivity contribution < 1.29 is 8.91 Å². The van der Waals surface area contributed by atoms with Crippen molar-refractivity contribution in [3.63, 3.8) is 0 Å². The fraction of sp³-hybridized carbons (Fsp3) is 0.200. The molecule has 4 nitrogen and oxygen atoms in total. The number of nitrogens with zero attached hydrogens (tertiary/aromatic N) is 2. The van der Waals surface area contributed by atoms with E-state index in [9.17, 15) is 4.39 Å². The molecule has 0 amide bonds. The van der Waals surface area contributed by atoms with Crippen LogP contribution >= 0.6 is 15.9 Å². The van der Waals surface area contributed by atoms with Crippen LogP contribution in [0.25, 0.3) is 11.4 Å². The fourth-order valence-electron chi connectivity index (χ4n) is 1.26. The van der Waals surface area contributed by atoms with Crippen LogP contribution in [-0.2, 0) is 6.54 Å². The zero-order valence-corrected chi connectivity index (χ0v) is 10.1. The lowest BCUT2D eigenvalue weighted by molar-refractivity contribution is 0.372. The molecule has 1 N–H and O–H groups in total. The summed E-state index contributed by atoms with van der Waals surface area (Å²) in [6.07, 6.45) is 0. The van der Waals surface area contributed by atoms with Gasteiger partial charge in [-0.05, 0) is 25.2 Å². The van der Waals surface area contributed by atoms with Crippen molar-refractivity contribution >= 4 is 15.9 Å². The maximum absolute atomic E-state index is 13.1. The Morgan fingerprint density at radius 1 is 1.50 bits per heavy atom. The van der Waals surface area contributed by atoms with Gasteiger partial charge < -0.3 is 9.84 Å². The molecule has 0 atom stereocenters. The molecule has 6 heteroatoms. The Morgan fingerprint density at radius 2 is 2.31 bits per heavy atom. The number of halogens is 2. The maximum atomic E-state index is 13.1. The molecule has 2 rings (SSSR count). The second-order valence-corrected chi connectivity index (χ2v) is 4.02. The van der Waals surface area contributed by atoms with Gasteiger partial charge in [-0.3, -0.25) is 0 Å². The van der Waals surface area contributed by atoms with E-state index >= 15 is 0 Å². The van der Waals surface area contributed by atoms with Gasteiger partial charge in [-0.2, -0.15) is 4.98 Å². The van der Waals surface area contributed by atoms with Gasteiger partial charge in [-0.15, -0.1) is 0 Å². The summed E-state index contributed by atoms with van der Waals surface area (Å²) in [6, 6.07) is 4.33. The molecule has 1 aromatic heterocycles. The molecule has 0 radical (unpaired) electrons. The third kappa shape index (κ3) is 2.28. The molecule has 0 aliphatic carbocycles. The monoisotopic (exact) mass is 285 g/mol. The largest absolute Gasteiger partial charge is 0.338 e. The minimum atomic E-state index is -0.335. The minimum Gasteiger partial charge on any atom is -0.338 e. The number of nitrogens with one attached hydrogen (secondary N) is 1. The van der Waals surface area contributed by atoms with E-state index in [1.165, 1.54) is 12.1 Å². The molecule has 0 unspecified atom stereocenters. The van der Waals surface area contributed by atoms with Crippen molar-refractivity contribution in [2.45, 2.75) is 6.54 Å². The number of aromatic nitrogens is 2. The first-order chi connectivity index (χ1) is 7.70. The molecular formula is C10H9BrFN3O. The highest BCUT2D eigenvalue weighted by Gasteiger charge is 2.11. The summed E-state index contributed by atoms with van der Waals surface area (Å²) in [5, 5.41) is 6.68. The van der Waals surface area contributed by atoms with Gasteiger partial charge in [-0.1, -0.05) is 21.1 Å². The normalized spacial score (nSPS) is 10.7. The van der Waals surface area contributed by atoms with E-state index in [0.717, 1.165) is 4.47 Å². The first-order valence-corrected chi connectivity index (χ1v) is 5.42. The average molecular weight is 286 g/mol. The molecule has 0 aliphatic rings. The van der Waals surface area contributed by atoms with E-state index in [1.807, 2.05) is 0 Å². The number of hydrogen-bond donors (Lipinski definition) is 1. The first kappa shape index (κ1) is 11.2. The maximum Gasteiger partial charge on any atom is 0.240 e. The van der Waals surface area contributed by atoms with Crippen LogP contribution in [0.2, 0.25) is 0 Å². The van der Waals surface area contributed by atoms with E-state index in [0.29, 0.717) is 23.8 Å². The molecule has 0 spiro atoms. The molecule has 0 fully saturated rings. The topological polar surface area (TPSA) is 51.0 Å². The highest BCUT2D eigenvalue weighted by Crippen LogP contribution is 2.26. The van der Waals surface area contributed by atoms with Gasteiger partial charge >= 0.3 is 0 Å². The van der Waals surface area contributed by atoms with Gasteiger partial charge in [0.1, 0.15) is 5.82 Å². The molecule has 2 aromatic rings. The van der Waals surface area contributed by atoms with Gasteiger partial charge in [0, 0.05) is 10.0 Å². The number of rotatable bonds is 3. The summed E-state index contributed by atoms with van der Waals surface area (Å²) in [5.41, 5.74) is 0.575. The van der Waals surface area contributed by atoms with E-state index < -0.39 is 0 Å². The predicted octanol–water partition coefficient (Wildman–Crippen LogP) is 2.36. The summed E-state index contributed by atoms with van der Waals surface area (Å²) < 4.78 is 18.8. The molecule has 0 aliphatic heterocycles. The van der Waals surface area contributed by atoms with Gasteiger partial charge in [0.2, 0.25) is 11.7 Å². The Hall–Kier alpha value is -1.27. The van der Waals surface area contributed by atoms with Crippen molar-refractivity contribution in [3.8, 4) is 11.4 Å². The molecular weight excluding hydrogens is 277 g/mol. The van der Waals surface area contributed by atoms with Crippen LogP contribution in [0.4, 0.5) is 4.39 Å². The highest BCUT2D eigenvalue weighted by atomic mass is 79.9. The van der Waals surface area contributed by atoms with Crippen molar-refractivity contribution in [3.05, 3.63) is 34.4 Å². The zero-order chi connectivity index (χ0) is 11.5. The lowest BCUT2D eigenvalue weighted by Crippen LogP contribution is -2.04. The van der Waals surface area contributed by atoms with Crippen LogP contribution in [0.5, 0.6) is 0 Å². The van der Waals surface area contributed by atoms with E-state index in [2.05, 4.69) is 31.4 Å².